The first kappa shape index (κ1) is 15.5. The van der Waals surface area contributed by atoms with E-state index in [-0.39, 0.29) is 0 Å². The van der Waals surface area contributed by atoms with Crippen LogP contribution in [0.2, 0.25) is 0 Å². The molecule has 1 aromatic rings. The first-order valence-electron chi connectivity index (χ1n) is 8.72. The maximum Gasteiger partial charge on any atom is 0.0253 e. The smallest absolute Gasteiger partial charge is 0.0253 e. The average molecular weight is 307 g/mol. The van der Waals surface area contributed by atoms with Crippen LogP contribution in [0.15, 0.2) is 16.8 Å². The van der Waals surface area contributed by atoms with Gasteiger partial charge in [0.2, 0.25) is 0 Å². The molecule has 1 saturated carbocycles. The van der Waals surface area contributed by atoms with Crippen LogP contribution in [0.3, 0.4) is 0 Å². The van der Waals surface area contributed by atoms with Crippen LogP contribution >= 0.6 is 11.3 Å². The van der Waals surface area contributed by atoms with E-state index in [1.165, 1.54) is 50.8 Å². The predicted octanol–water partition coefficient (Wildman–Crippen LogP) is 4.13. The minimum absolute atomic E-state index is 0.656. The number of rotatable bonds is 4. The Morgan fingerprint density at radius 2 is 2.10 bits per heavy atom. The van der Waals surface area contributed by atoms with E-state index >= 15 is 0 Å². The molecule has 0 bridgehead atoms. The molecule has 2 atom stereocenters. The summed E-state index contributed by atoms with van der Waals surface area (Å²) in [5.74, 6) is 1.64. The van der Waals surface area contributed by atoms with Gasteiger partial charge < -0.3 is 5.32 Å². The van der Waals surface area contributed by atoms with Crippen molar-refractivity contribution >= 4 is 11.3 Å². The van der Waals surface area contributed by atoms with Gasteiger partial charge in [-0.25, -0.2) is 0 Å². The fourth-order valence-electron chi connectivity index (χ4n) is 4.08. The molecule has 1 N–H and O–H groups in total. The van der Waals surface area contributed by atoms with Gasteiger partial charge >= 0.3 is 0 Å². The molecule has 118 valence electrons. The average Bonchev–Trinajstić information content (AvgIpc) is 3.01. The molecule has 1 aliphatic carbocycles. The van der Waals surface area contributed by atoms with Crippen molar-refractivity contribution in [1.82, 2.24) is 10.2 Å². The zero-order valence-electron chi connectivity index (χ0n) is 13.6. The number of nitrogens with one attached hydrogen (secondary N) is 1. The Balaban J connectivity index is 1.70. The molecule has 2 fully saturated rings. The molecule has 2 aliphatic rings. The third kappa shape index (κ3) is 3.88. The molecule has 2 nitrogen and oxygen atoms in total. The normalized spacial score (nSPS) is 29.1. The molecule has 0 spiro atoms. The molecule has 2 heterocycles. The van der Waals surface area contributed by atoms with E-state index in [1.807, 2.05) is 11.3 Å². The number of thiophene rings is 1. The van der Waals surface area contributed by atoms with Gasteiger partial charge in [-0.15, -0.1) is 0 Å². The SMILES string of the molecule is CC(C)C1CN(Cc2ccsc2)C(C2CCCCC2)CN1. The minimum atomic E-state index is 0.656. The van der Waals surface area contributed by atoms with Gasteiger partial charge in [-0.1, -0.05) is 33.1 Å². The number of piperazine rings is 1. The van der Waals surface area contributed by atoms with Crippen LogP contribution in [0.25, 0.3) is 0 Å². The summed E-state index contributed by atoms with van der Waals surface area (Å²) in [5.41, 5.74) is 1.50. The maximum absolute atomic E-state index is 3.84. The van der Waals surface area contributed by atoms with Crippen LogP contribution in [0.4, 0.5) is 0 Å². The maximum atomic E-state index is 3.84. The minimum Gasteiger partial charge on any atom is -0.311 e. The molecule has 2 unspecified atom stereocenters. The van der Waals surface area contributed by atoms with Crippen LogP contribution in [-0.2, 0) is 6.54 Å². The lowest BCUT2D eigenvalue weighted by atomic mass is 9.81. The van der Waals surface area contributed by atoms with Gasteiger partial charge in [-0.2, -0.15) is 11.3 Å². The van der Waals surface area contributed by atoms with Crippen molar-refractivity contribution in [2.45, 2.75) is 64.6 Å². The Kier molecular flexibility index (Phi) is 5.36. The van der Waals surface area contributed by atoms with E-state index in [9.17, 15) is 0 Å². The van der Waals surface area contributed by atoms with Gasteiger partial charge in [0.05, 0.1) is 0 Å². The first-order chi connectivity index (χ1) is 10.2. The summed E-state index contributed by atoms with van der Waals surface area (Å²) >= 11 is 1.83. The highest BCUT2D eigenvalue weighted by Crippen LogP contribution is 2.31. The standard InChI is InChI=1S/C18H30N2S/c1-14(2)17-12-20(11-15-8-9-21-13-15)18(10-19-17)16-6-4-3-5-7-16/h8-9,13-14,16-19H,3-7,10-12H2,1-2H3. The van der Waals surface area contributed by atoms with Gasteiger partial charge in [0.25, 0.3) is 0 Å². The van der Waals surface area contributed by atoms with Gasteiger partial charge in [-0.05, 0) is 47.1 Å². The van der Waals surface area contributed by atoms with Crippen LogP contribution in [0.1, 0.15) is 51.5 Å². The van der Waals surface area contributed by atoms with Gasteiger partial charge in [0.15, 0.2) is 0 Å². The van der Waals surface area contributed by atoms with E-state index in [1.54, 1.807) is 0 Å². The molecular weight excluding hydrogens is 276 g/mol. The van der Waals surface area contributed by atoms with Crippen LogP contribution in [0, 0.1) is 11.8 Å². The number of nitrogens with zero attached hydrogens (tertiary/aromatic N) is 1. The van der Waals surface area contributed by atoms with E-state index in [2.05, 4.69) is 40.9 Å². The summed E-state index contributed by atoms with van der Waals surface area (Å²) in [5, 5.41) is 8.38. The predicted molar refractivity (Wildman–Crippen MR) is 91.7 cm³/mol. The molecule has 3 heteroatoms. The molecule has 0 amide bonds. The van der Waals surface area contributed by atoms with Gasteiger partial charge in [-0.3, -0.25) is 4.90 Å². The van der Waals surface area contributed by atoms with Crippen LogP contribution < -0.4 is 5.32 Å². The topological polar surface area (TPSA) is 15.3 Å². The second-order valence-corrected chi connectivity index (χ2v) is 8.07. The molecule has 0 aromatic carbocycles. The molecule has 0 radical (unpaired) electrons. The largest absolute Gasteiger partial charge is 0.311 e. The summed E-state index contributed by atoms with van der Waals surface area (Å²) < 4.78 is 0. The van der Waals surface area contributed by atoms with Gasteiger partial charge in [0, 0.05) is 31.7 Å². The Morgan fingerprint density at radius 1 is 1.29 bits per heavy atom. The molecule has 1 aromatic heterocycles. The molecule has 1 aliphatic heterocycles. The molecule has 21 heavy (non-hydrogen) atoms. The van der Waals surface area contributed by atoms with Crippen molar-refractivity contribution < 1.29 is 0 Å². The van der Waals surface area contributed by atoms with E-state index < -0.39 is 0 Å². The highest BCUT2D eigenvalue weighted by Gasteiger charge is 2.34. The van der Waals surface area contributed by atoms with Crippen molar-refractivity contribution in [3.63, 3.8) is 0 Å². The molecule has 3 rings (SSSR count). The monoisotopic (exact) mass is 306 g/mol. The van der Waals surface area contributed by atoms with Gasteiger partial charge in [0.1, 0.15) is 0 Å². The summed E-state index contributed by atoms with van der Waals surface area (Å²) in [6.07, 6.45) is 7.23. The lowest BCUT2D eigenvalue weighted by Crippen LogP contribution is -2.60. The molecule has 1 saturated heterocycles. The van der Waals surface area contributed by atoms with Crippen LogP contribution in [-0.4, -0.2) is 30.1 Å². The van der Waals surface area contributed by atoms with Crippen molar-refractivity contribution in [2.24, 2.45) is 11.8 Å². The van der Waals surface area contributed by atoms with Crippen molar-refractivity contribution in [1.29, 1.82) is 0 Å². The second-order valence-electron chi connectivity index (χ2n) is 7.29. The summed E-state index contributed by atoms with van der Waals surface area (Å²) in [7, 11) is 0. The Hall–Kier alpha value is -0.380. The third-order valence-corrected chi connectivity index (χ3v) is 6.19. The Morgan fingerprint density at radius 3 is 2.76 bits per heavy atom. The van der Waals surface area contributed by atoms with Crippen molar-refractivity contribution in [2.75, 3.05) is 13.1 Å². The zero-order valence-corrected chi connectivity index (χ0v) is 14.4. The van der Waals surface area contributed by atoms with E-state index in [4.69, 9.17) is 0 Å². The summed E-state index contributed by atoms with van der Waals surface area (Å²) in [6, 6.07) is 3.71. The number of hydrogen-bond acceptors (Lipinski definition) is 3. The lowest BCUT2D eigenvalue weighted by Gasteiger charge is -2.46. The quantitative estimate of drug-likeness (QED) is 0.900. The highest BCUT2D eigenvalue weighted by atomic mass is 32.1. The zero-order chi connectivity index (χ0) is 14.7. The Bertz CT molecular complexity index is 409. The Labute approximate surface area is 133 Å². The fraction of sp³-hybridized carbons (Fsp3) is 0.778. The first-order valence-corrected chi connectivity index (χ1v) is 9.67. The molecular formula is C18H30N2S. The summed E-state index contributed by atoms with van der Waals surface area (Å²) in [4.78, 5) is 2.79. The van der Waals surface area contributed by atoms with E-state index in [0.717, 1.165) is 24.4 Å². The highest BCUT2D eigenvalue weighted by molar-refractivity contribution is 7.07. The fourth-order valence-corrected chi connectivity index (χ4v) is 4.74. The summed E-state index contributed by atoms with van der Waals surface area (Å²) in [6.45, 7) is 8.25. The van der Waals surface area contributed by atoms with Crippen molar-refractivity contribution in [3.8, 4) is 0 Å². The van der Waals surface area contributed by atoms with Crippen molar-refractivity contribution in [3.05, 3.63) is 22.4 Å². The lowest BCUT2D eigenvalue weighted by molar-refractivity contribution is 0.0554. The van der Waals surface area contributed by atoms with E-state index in [0.29, 0.717) is 6.04 Å². The third-order valence-electron chi connectivity index (χ3n) is 5.45. The second kappa shape index (κ2) is 7.26. The number of hydrogen-bond donors (Lipinski definition) is 1. The van der Waals surface area contributed by atoms with Crippen LogP contribution in [0.5, 0.6) is 0 Å².